The van der Waals surface area contributed by atoms with Crippen LogP contribution in [0.25, 0.3) is 0 Å². The summed E-state index contributed by atoms with van der Waals surface area (Å²) in [5.41, 5.74) is 0.188. The number of carbonyl (C=O) groups is 1. The minimum Gasteiger partial charge on any atom is -0.353 e. The molecule has 0 aromatic carbocycles. The fourth-order valence-electron chi connectivity index (χ4n) is 3.70. The first-order chi connectivity index (χ1) is 9.19. The summed E-state index contributed by atoms with van der Waals surface area (Å²) in [6.45, 7) is 4.27. The van der Waals surface area contributed by atoms with E-state index in [1.165, 1.54) is 0 Å². The molecule has 1 N–H and O–H groups in total. The number of hydrogen-bond acceptors (Lipinski definition) is 1. The Balaban J connectivity index is 1.97. The third kappa shape index (κ3) is 3.67. The van der Waals surface area contributed by atoms with E-state index in [1.807, 2.05) is 0 Å². The molecular weight excluding hydrogens is 267 g/mol. The number of nitrogens with one attached hydrogen (secondary N) is 1. The van der Waals surface area contributed by atoms with E-state index in [1.54, 1.807) is 0 Å². The SMILES string of the molecule is CC1(C)CCC(NC(=O)C2CCCCC2C(F)(F)F)C1. The molecule has 20 heavy (non-hydrogen) atoms. The lowest BCUT2D eigenvalue weighted by molar-refractivity contribution is -0.198. The van der Waals surface area contributed by atoms with Gasteiger partial charge >= 0.3 is 6.18 Å². The van der Waals surface area contributed by atoms with Gasteiger partial charge in [0.15, 0.2) is 0 Å². The van der Waals surface area contributed by atoms with E-state index in [0.29, 0.717) is 12.8 Å². The first-order valence-electron chi connectivity index (χ1n) is 7.56. The van der Waals surface area contributed by atoms with Crippen LogP contribution in [0.5, 0.6) is 0 Å². The van der Waals surface area contributed by atoms with Crippen LogP contribution >= 0.6 is 0 Å². The quantitative estimate of drug-likeness (QED) is 0.817. The molecule has 2 rings (SSSR count). The third-order valence-corrected chi connectivity index (χ3v) is 4.84. The molecule has 5 heteroatoms. The van der Waals surface area contributed by atoms with Gasteiger partial charge in [-0.3, -0.25) is 4.79 Å². The van der Waals surface area contributed by atoms with Crippen molar-refractivity contribution in [2.75, 3.05) is 0 Å². The summed E-state index contributed by atoms with van der Waals surface area (Å²) in [5, 5.41) is 2.87. The van der Waals surface area contributed by atoms with Gasteiger partial charge in [0.2, 0.25) is 5.91 Å². The predicted octanol–water partition coefficient (Wildman–Crippen LogP) is 4.05. The van der Waals surface area contributed by atoms with Crippen LogP contribution in [-0.4, -0.2) is 18.1 Å². The highest BCUT2D eigenvalue weighted by Gasteiger charge is 2.48. The maximum absolute atomic E-state index is 13.0. The maximum Gasteiger partial charge on any atom is 0.392 e. The second kappa shape index (κ2) is 5.57. The molecule has 2 aliphatic carbocycles. The van der Waals surface area contributed by atoms with Crippen molar-refractivity contribution >= 4 is 5.91 Å². The summed E-state index contributed by atoms with van der Waals surface area (Å²) in [5.74, 6) is -2.71. The minimum atomic E-state index is -4.25. The number of halogens is 3. The zero-order valence-corrected chi connectivity index (χ0v) is 12.2. The van der Waals surface area contributed by atoms with Gasteiger partial charge < -0.3 is 5.32 Å². The van der Waals surface area contributed by atoms with Crippen LogP contribution in [0.1, 0.15) is 58.8 Å². The van der Waals surface area contributed by atoms with Crippen LogP contribution < -0.4 is 5.32 Å². The molecule has 2 saturated carbocycles. The van der Waals surface area contributed by atoms with Crippen LogP contribution in [0, 0.1) is 17.3 Å². The summed E-state index contributed by atoms with van der Waals surface area (Å²) < 4.78 is 39.0. The Labute approximate surface area is 118 Å². The van der Waals surface area contributed by atoms with Gasteiger partial charge in [-0.15, -0.1) is 0 Å². The van der Waals surface area contributed by atoms with Crippen LogP contribution in [-0.2, 0) is 4.79 Å². The van der Waals surface area contributed by atoms with Gasteiger partial charge in [0.05, 0.1) is 5.92 Å². The van der Waals surface area contributed by atoms with Crippen molar-refractivity contribution in [1.82, 2.24) is 5.32 Å². The van der Waals surface area contributed by atoms with Gasteiger partial charge in [-0.2, -0.15) is 13.2 Å². The van der Waals surface area contributed by atoms with E-state index >= 15 is 0 Å². The molecule has 0 saturated heterocycles. The Bertz CT molecular complexity index is 365. The molecule has 0 spiro atoms. The predicted molar refractivity (Wildman–Crippen MR) is 71.1 cm³/mol. The molecule has 0 aliphatic heterocycles. The molecule has 3 unspecified atom stereocenters. The van der Waals surface area contributed by atoms with E-state index in [9.17, 15) is 18.0 Å². The Morgan fingerprint density at radius 1 is 1.15 bits per heavy atom. The number of hydrogen-bond donors (Lipinski definition) is 1. The normalized spacial score (nSPS) is 34.0. The van der Waals surface area contributed by atoms with Gasteiger partial charge in [-0.05, 0) is 37.5 Å². The Morgan fingerprint density at radius 2 is 1.80 bits per heavy atom. The van der Waals surface area contributed by atoms with Gasteiger partial charge in [0.25, 0.3) is 0 Å². The first-order valence-corrected chi connectivity index (χ1v) is 7.56. The molecule has 0 aromatic rings. The number of carbonyl (C=O) groups excluding carboxylic acids is 1. The fraction of sp³-hybridized carbons (Fsp3) is 0.933. The second-order valence-corrected chi connectivity index (χ2v) is 7.15. The van der Waals surface area contributed by atoms with E-state index in [0.717, 1.165) is 25.7 Å². The van der Waals surface area contributed by atoms with E-state index in [-0.39, 0.29) is 23.8 Å². The van der Waals surface area contributed by atoms with E-state index < -0.39 is 18.0 Å². The van der Waals surface area contributed by atoms with Crippen molar-refractivity contribution < 1.29 is 18.0 Å². The van der Waals surface area contributed by atoms with Gasteiger partial charge in [0.1, 0.15) is 0 Å². The van der Waals surface area contributed by atoms with E-state index in [2.05, 4.69) is 19.2 Å². The molecule has 2 fully saturated rings. The Kier molecular flexibility index (Phi) is 4.35. The average molecular weight is 291 g/mol. The topological polar surface area (TPSA) is 29.1 Å². The van der Waals surface area contributed by atoms with Gasteiger partial charge in [0, 0.05) is 12.0 Å². The first kappa shape index (κ1) is 15.6. The van der Waals surface area contributed by atoms with Gasteiger partial charge in [-0.1, -0.05) is 26.7 Å². The molecule has 0 heterocycles. The van der Waals surface area contributed by atoms with Crippen molar-refractivity contribution in [3.63, 3.8) is 0 Å². The lowest BCUT2D eigenvalue weighted by Gasteiger charge is -2.32. The molecule has 116 valence electrons. The molecule has 1 amide bonds. The van der Waals surface area contributed by atoms with Crippen molar-refractivity contribution in [3.05, 3.63) is 0 Å². The molecule has 0 aromatic heterocycles. The number of amides is 1. The lowest BCUT2D eigenvalue weighted by atomic mass is 9.78. The largest absolute Gasteiger partial charge is 0.392 e. The molecule has 0 radical (unpaired) electrons. The highest BCUT2D eigenvalue weighted by Crippen LogP contribution is 2.42. The third-order valence-electron chi connectivity index (χ3n) is 4.84. The highest BCUT2D eigenvalue weighted by molar-refractivity contribution is 5.79. The standard InChI is InChI=1S/C15H24F3NO/c1-14(2)8-7-10(9-14)19-13(20)11-5-3-4-6-12(11)15(16,17)18/h10-12H,3-9H2,1-2H3,(H,19,20). The number of alkyl halides is 3. The molecule has 3 atom stereocenters. The van der Waals surface area contributed by atoms with Crippen LogP contribution in [0.4, 0.5) is 13.2 Å². The molecule has 2 nitrogen and oxygen atoms in total. The summed E-state index contributed by atoms with van der Waals surface area (Å²) >= 11 is 0. The Hall–Kier alpha value is -0.740. The summed E-state index contributed by atoms with van der Waals surface area (Å²) in [6.07, 6.45) is 0.266. The maximum atomic E-state index is 13.0. The van der Waals surface area contributed by atoms with E-state index in [4.69, 9.17) is 0 Å². The molecule has 0 bridgehead atoms. The molecule has 2 aliphatic rings. The summed E-state index contributed by atoms with van der Waals surface area (Å²) in [7, 11) is 0. The van der Waals surface area contributed by atoms with Crippen molar-refractivity contribution in [2.24, 2.45) is 17.3 Å². The lowest BCUT2D eigenvalue weighted by Crippen LogP contribution is -2.45. The monoisotopic (exact) mass is 291 g/mol. The Morgan fingerprint density at radius 3 is 2.35 bits per heavy atom. The fourth-order valence-corrected chi connectivity index (χ4v) is 3.70. The van der Waals surface area contributed by atoms with Crippen molar-refractivity contribution in [2.45, 2.75) is 71.0 Å². The smallest absolute Gasteiger partial charge is 0.353 e. The summed E-state index contributed by atoms with van der Waals surface area (Å²) in [4.78, 5) is 12.2. The zero-order valence-electron chi connectivity index (χ0n) is 12.2. The van der Waals surface area contributed by atoms with Crippen LogP contribution in [0.3, 0.4) is 0 Å². The zero-order chi connectivity index (χ0) is 15.0. The second-order valence-electron chi connectivity index (χ2n) is 7.15. The van der Waals surface area contributed by atoms with Gasteiger partial charge in [-0.25, -0.2) is 0 Å². The van der Waals surface area contributed by atoms with Crippen LogP contribution in [0.2, 0.25) is 0 Å². The summed E-state index contributed by atoms with van der Waals surface area (Å²) in [6, 6.07) is 0.0494. The van der Waals surface area contributed by atoms with Crippen LogP contribution in [0.15, 0.2) is 0 Å². The number of rotatable bonds is 2. The van der Waals surface area contributed by atoms with Crippen molar-refractivity contribution in [3.8, 4) is 0 Å². The van der Waals surface area contributed by atoms with Crippen molar-refractivity contribution in [1.29, 1.82) is 0 Å². The average Bonchev–Trinajstić information content (AvgIpc) is 2.67. The minimum absolute atomic E-state index is 0.0494. The molecular formula is C15H24F3NO. The highest BCUT2D eigenvalue weighted by atomic mass is 19.4.